The molecule has 7 nitrogen and oxygen atoms in total. The summed E-state index contributed by atoms with van der Waals surface area (Å²) in [5.41, 5.74) is 3.46. The molecule has 0 aliphatic carbocycles. The molecule has 0 saturated carbocycles. The van der Waals surface area contributed by atoms with Gasteiger partial charge in [-0.05, 0) is 11.1 Å². The molecule has 1 fully saturated rings. The first-order chi connectivity index (χ1) is 17.6. The number of alkyl halides is 2. The number of benzene rings is 2. The molecular formula is C27H30F2N6OS. The van der Waals surface area contributed by atoms with Gasteiger partial charge in [0.2, 0.25) is 0 Å². The summed E-state index contributed by atoms with van der Waals surface area (Å²) in [6, 6.07) is 17.5. The van der Waals surface area contributed by atoms with Gasteiger partial charge in [-0.1, -0.05) is 80.6 Å². The van der Waals surface area contributed by atoms with Gasteiger partial charge < -0.3 is 10.0 Å². The topological polar surface area (TPSA) is 80.0 Å². The summed E-state index contributed by atoms with van der Waals surface area (Å²) in [5, 5.41) is 19.6. The third-order valence-electron chi connectivity index (χ3n) is 6.35. The molecule has 37 heavy (non-hydrogen) atoms. The van der Waals surface area contributed by atoms with E-state index in [0.717, 1.165) is 28.0 Å². The number of aromatic nitrogens is 5. The van der Waals surface area contributed by atoms with Gasteiger partial charge in [0.15, 0.2) is 17.0 Å². The normalized spacial score (nSPS) is 16.3. The van der Waals surface area contributed by atoms with Crippen molar-refractivity contribution >= 4 is 33.4 Å². The van der Waals surface area contributed by atoms with Crippen LogP contribution in [0.4, 0.5) is 14.6 Å². The minimum Gasteiger partial charge on any atom is -0.355 e. The zero-order chi connectivity index (χ0) is 26.2. The van der Waals surface area contributed by atoms with E-state index in [0.29, 0.717) is 40.2 Å². The standard InChI is InChI=1S/C27H30F2N6OS/c1-26(2,3)25-30-22(34-14-13-27(28,29)17-34)21-23(31-25)35(33-32-21)15-19-11-7-8-12-20(19)16-37-24(36)18-9-5-4-6-10-18/h4-12,36-37H,13-17H2,1-3H3. The maximum Gasteiger partial charge on any atom is 0.266 e. The van der Waals surface area contributed by atoms with Gasteiger partial charge in [0.05, 0.1) is 13.1 Å². The lowest BCUT2D eigenvalue weighted by atomic mass is 9.96. The summed E-state index contributed by atoms with van der Waals surface area (Å²) in [6.07, 6.45) is -0.211. The number of rotatable bonds is 6. The van der Waals surface area contributed by atoms with Crippen molar-refractivity contribution in [2.75, 3.05) is 18.0 Å². The molecular weight excluding hydrogens is 494 g/mol. The predicted molar refractivity (Wildman–Crippen MR) is 145 cm³/mol. The van der Waals surface area contributed by atoms with Crippen molar-refractivity contribution in [3.05, 3.63) is 77.1 Å². The van der Waals surface area contributed by atoms with Crippen LogP contribution in [0.25, 0.3) is 11.2 Å². The molecule has 0 bridgehead atoms. The molecule has 4 aromatic rings. The highest BCUT2D eigenvalue weighted by Crippen LogP contribution is 2.34. The van der Waals surface area contributed by atoms with Crippen molar-refractivity contribution in [3.63, 3.8) is 0 Å². The molecule has 1 aliphatic rings. The molecule has 3 heterocycles. The third kappa shape index (κ3) is 5.55. The molecule has 5 rings (SSSR count). The van der Waals surface area contributed by atoms with E-state index in [-0.39, 0.29) is 18.4 Å². The second kappa shape index (κ2) is 9.90. The SMILES string of the molecule is CC(C)(C)c1nc(N2CCC(F)(F)C2)c2nnn(Cc3ccccc3C[SH]=C(O)c3ccccc3)c2n1. The fourth-order valence-corrected chi connectivity index (χ4v) is 5.25. The Hall–Kier alpha value is -3.24. The third-order valence-corrected chi connectivity index (χ3v) is 7.41. The van der Waals surface area contributed by atoms with Crippen LogP contribution in [-0.2, 0) is 17.7 Å². The Morgan fingerprint density at radius 2 is 1.73 bits per heavy atom. The van der Waals surface area contributed by atoms with Gasteiger partial charge in [0.25, 0.3) is 5.92 Å². The van der Waals surface area contributed by atoms with Crippen molar-refractivity contribution in [2.45, 2.75) is 50.8 Å². The van der Waals surface area contributed by atoms with Gasteiger partial charge in [-0.25, -0.2) is 23.4 Å². The summed E-state index contributed by atoms with van der Waals surface area (Å²) < 4.78 is 29.8. The quantitative estimate of drug-likeness (QED) is 0.269. The van der Waals surface area contributed by atoms with Crippen LogP contribution in [0.5, 0.6) is 0 Å². The van der Waals surface area contributed by atoms with Crippen molar-refractivity contribution in [1.82, 2.24) is 25.0 Å². The molecule has 0 unspecified atom stereocenters. The number of hydrogen-bond donors (Lipinski definition) is 2. The molecule has 0 amide bonds. The summed E-state index contributed by atoms with van der Waals surface area (Å²) in [7, 11) is 0. The zero-order valence-electron chi connectivity index (χ0n) is 21.1. The molecule has 1 saturated heterocycles. The van der Waals surface area contributed by atoms with Crippen LogP contribution in [0.3, 0.4) is 0 Å². The lowest BCUT2D eigenvalue weighted by Crippen LogP contribution is -2.27. The van der Waals surface area contributed by atoms with E-state index in [4.69, 9.17) is 4.98 Å². The van der Waals surface area contributed by atoms with Crippen LogP contribution < -0.4 is 4.90 Å². The summed E-state index contributed by atoms with van der Waals surface area (Å²) in [4.78, 5) is 11.0. The number of anilines is 1. The van der Waals surface area contributed by atoms with Gasteiger partial charge >= 0.3 is 0 Å². The average molecular weight is 525 g/mol. The van der Waals surface area contributed by atoms with E-state index in [1.54, 1.807) is 9.58 Å². The van der Waals surface area contributed by atoms with Gasteiger partial charge in [-0.15, -0.1) is 5.10 Å². The lowest BCUT2D eigenvalue weighted by Gasteiger charge is -2.22. The van der Waals surface area contributed by atoms with E-state index in [1.807, 2.05) is 75.4 Å². The smallest absolute Gasteiger partial charge is 0.266 e. The van der Waals surface area contributed by atoms with Crippen LogP contribution in [0, 0.1) is 0 Å². The van der Waals surface area contributed by atoms with Crippen LogP contribution >= 0.6 is 11.4 Å². The lowest BCUT2D eigenvalue weighted by molar-refractivity contribution is 0.0257. The molecule has 194 valence electrons. The van der Waals surface area contributed by atoms with Gasteiger partial charge in [0.1, 0.15) is 10.9 Å². The number of thiol groups is 1. The fraction of sp³-hybridized carbons (Fsp3) is 0.370. The Bertz CT molecular complexity index is 1450. The number of aliphatic hydroxyl groups is 1. The zero-order valence-corrected chi connectivity index (χ0v) is 22.0. The summed E-state index contributed by atoms with van der Waals surface area (Å²) in [6.45, 7) is 6.21. The first kappa shape index (κ1) is 25.4. The molecule has 2 aromatic carbocycles. The van der Waals surface area contributed by atoms with E-state index in [9.17, 15) is 13.9 Å². The second-order valence-electron chi connectivity index (χ2n) is 10.3. The Kier molecular flexibility index (Phi) is 6.80. The minimum absolute atomic E-state index is 0.207. The van der Waals surface area contributed by atoms with Crippen LogP contribution in [0.2, 0.25) is 0 Å². The predicted octanol–water partition coefficient (Wildman–Crippen LogP) is 5.11. The largest absolute Gasteiger partial charge is 0.355 e. The highest BCUT2D eigenvalue weighted by molar-refractivity contribution is 7.98. The van der Waals surface area contributed by atoms with Crippen molar-refractivity contribution in [2.24, 2.45) is 0 Å². The second-order valence-corrected chi connectivity index (χ2v) is 11.4. The molecule has 10 heteroatoms. The summed E-state index contributed by atoms with van der Waals surface area (Å²) in [5.74, 6) is -1.16. The van der Waals surface area contributed by atoms with Crippen LogP contribution in [-0.4, -0.2) is 54.1 Å². The van der Waals surface area contributed by atoms with Crippen molar-refractivity contribution < 1.29 is 13.9 Å². The Morgan fingerprint density at radius 1 is 1.03 bits per heavy atom. The maximum atomic E-state index is 14.0. The van der Waals surface area contributed by atoms with Gasteiger partial charge in [-0.2, -0.15) is 11.4 Å². The number of fused-ring (bicyclic) bond motifs is 1. The number of nitrogens with zero attached hydrogens (tertiary/aromatic N) is 6. The number of halogens is 2. The Labute approximate surface area is 218 Å². The van der Waals surface area contributed by atoms with E-state index >= 15 is 0 Å². The van der Waals surface area contributed by atoms with Crippen LogP contribution in [0.15, 0.2) is 54.6 Å². The monoisotopic (exact) mass is 524 g/mol. The van der Waals surface area contributed by atoms with E-state index in [1.165, 1.54) is 0 Å². The Morgan fingerprint density at radius 3 is 2.41 bits per heavy atom. The average Bonchev–Trinajstić information content (AvgIpc) is 3.45. The minimum atomic E-state index is -2.75. The van der Waals surface area contributed by atoms with Crippen molar-refractivity contribution in [3.8, 4) is 0 Å². The first-order valence-corrected chi connectivity index (χ1v) is 13.3. The fourth-order valence-electron chi connectivity index (χ4n) is 4.29. The summed E-state index contributed by atoms with van der Waals surface area (Å²) >= 11 is 0.789. The molecule has 1 N–H and O–H groups in total. The molecule has 1 aliphatic heterocycles. The first-order valence-electron chi connectivity index (χ1n) is 12.2. The van der Waals surface area contributed by atoms with Crippen LogP contribution in [0.1, 0.15) is 49.7 Å². The molecule has 0 atom stereocenters. The van der Waals surface area contributed by atoms with E-state index < -0.39 is 12.5 Å². The highest BCUT2D eigenvalue weighted by atomic mass is 32.1. The molecule has 0 radical (unpaired) electrons. The molecule has 2 aromatic heterocycles. The van der Waals surface area contributed by atoms with Crippen molar-refractivity contribution in [1.29, 1.82) is 0 Å². The van der Waals surface area contributed by atoms with Gasteiger partial charge in [0, 0.05) is 29.7 Å². The van der Waals surface area contributed by atoms with Gasteiger partial charge in [-0.3, -0.25) is 0 Å². The van der Waals surface area contributed by atoms with E-state index in [2.05, 4.69) is 15.3 Å². The highest BCUT2D eigenvalue weighted by Gasteiger charge is 2.40. The molecule has 0 spiro atoms. The number of aliphatic hydroxyl groups excluding tert-OH is 1. The number of hydrogen-bond acceptors (Lipinski definition) is 5. The Balaban J connectivity index is 1.50. The maximum absolute atomic E-state index is 14.0.